The second-order valence-corrected chi connectivity index (χ2v) is 8.47. The summed E-state index contributed by atoms with van der Waals surface area (Å²) in [6.07, 6.45) is 20.5. The molecule has 0 aromatic carbocycles. The third-order valence-electron chi connectivity index (χ3n) is 5.58. The van der Waals surface area contributed by atoms with Crippen LogP contribution in [0.2, 0.25) is 0 Å². The van der Waals surface area contributed by atoms with Crippen molar-refractivity contribution in [3.8, 4) is 0 Å². The molecule has 0 aromatic heterocycles. The van der Waals surface area contributed by atoms with Gasteiger partial charge in [-0.3, -0.25) is 0 Å². The van der Waals surface area contributed by atoms with Gasteiger partial charge < -0.3 is 10.2 Å². The van der Waals surface area contributed by atoms with Crippen LogP contribution in [0.15, 0.2) is 0 Å². The second kappa shape index (κ2) is 16.6. The first-order valence-electron chi connectivity index (χ1n) is 11.4. The highest BCUT2D eigenvalue weighted by atomic mass is 16.4. The number of hydrogen-bond acceptors (Lipinski definition) is 2. The van der Waals surface area contributed by atoms with Crippen molar-refractivity contribution in [2.24, 2.45) is 5.92 Å². The van der Waals surface area contributed by atoms with Gasteiger partial charge in [0.15, 0.2) is 5.60 Å². The lowest BCUT2D eigenvalue weighted by Gasteiger charge is -2.25. The molecule has 2 N–H and O–H groups in total. The molecule has 0 bridgehead atoms. The molecule has 2 unspecified atom stereocenters. The van der Waals surface area contributed by atoms with Gasteiger partial charge in [0, 0.05) is 0 Å². The van der Waals surface area contributed by atoms with Crippen molar-refractivity contribution in [1.82, 2.24) is 0 Å². The van der Waals surface area contributed by atoms with Crippen molar-refractivity contribution in [3.63, 3.8) is 0 Å². The minimum atomic E-state index is -1.58. The average molecular weight is 371 g/mol. The van der Waals surface area contributed by atoms with Crippen LogP contribution in [0.4, 0.5) is 0 Å². The van der Waals surface area contributed by atoms with E-state index >= 15 is 0 Å². The van der Waals surface area contributed by atoms with Gasteiger partial charge in [-0.05, 0) is 19.3 Å². The lowest BCUT2D eigenvalue weighted by Crippen LogP contribution is -2.37. The van der Waals surface area contributed by atoms with Crippen LogP contribution in [0.25, 0.3) is 0 Å². The fourth-order valence-electron chi connectivity index (χ4n) is 3.78. The van der Waals surface area contributed by atoms with Crippen LogP contribution in [-0.2, 0) is 4.79 Å². The standard InChI is InChI=1S/C23H46O3/c1-4-6-8-10-12-13-15-17-19-21(20-23(3,26)22(24)25)18-16-14-11-9-7-5-2/h21,26H,4-20H2,1-3H3,(H,24,25). The zero-order valence-electron chi connectivity index (χ0n) is 17.9. The summed E-state index contributed by atoms with van der Waals surface area (Å²) in [6, 6.07) is 0. The van der Waals surface area contributed by atoms with Crippen molar-refractivity contribution in [2.45, 2.75) is 136 Å². The smallest absolute Gasteiger partial charge is 0.335 e. The van der Waals surface area contributed by atoms with E-state index in [2.05, 4.69) is 13.8 Å². The molecular formula is C23H46O3. The third-order valence-corrected chi connectivity index (χ3v) is 5.58. The minimum Gasteiger partial charge on any atom is -0.479 e. The Morgan fingerprint density at radius 1 is 0.731 bits per heavy atom. The van der Waals surface area contributed by atoms with E-state index in [9.17, 15) is 15.0 Å². The van der Waals surface area contributed by atoms with Crippen LogP contribution in [0.1, 0.15) is 130 Å². The number of carbonyl (C=O) groups is 1. The number of carboxylic acids is 1. The van der Waals surface area contributed by atoms with E-state index in [0.717, 1.165) is 12.8 Å². The predicted octanol–water partition coefficient (Wildman–Crippen LogP) is 7.11. The van der Waals surface area contributed by atoms with E-state index in [1.807, 2.05) is 0 Å². The van der Waals surface area contributed by atoms with E-state index < -0.39 is 11.6 Å². The highest BCUT2D eigenvalue weighted by molar-refractivity contribution is 5.76. The molecule has 3 heteroatoms. The Kier molecular flexibility index (Phi) is 16.2. The summed E-state index contributed by atoms with van der Waals surface area (Å²) in [7, 11) is 0. The van der Waals surface area contributed by atoms with Crippen LogP contribution in [-0.4, -0.2) is 21.8 Å². The van der Waals surface area contributed by atoms with Gasteiger partial charge in [-0.15, -0.1) is 0 Å². The SMILES string of the molecule is CCCCCCCCCCC(CCCCCCCC)CC(C)(O)C(=O)O. The molecule has 0 spiro atoms. The Balaban J connectivity index is 4.06. The number of carboxylic acid groups (broad SMARTS) is 1. The van der Waals surface area contributed by atoms with Crippen LogP contribution in [0, 0.1) is 5.92 Å². The number of aliphatic carboxylic acids is 1. The van der Waals surface area contributed by atoms with E-state index in [1.54, 1.807) is 0 Å². The number of hydrogen-bond donors (Lipinski definition) is 2. The topological polar surface area (TPSA) is 57.5 Å². The Hall–Kier alpha value is -0.570. The summed E-state index contributed by atoms with van der Waals surface area (Å²) in [4.78, 5) is 11.3. The zero-order valence-corrected chi connectivity index (χ0v) is 17.9. The molecule has 0 saturated carbocycles. The second-order valence-electron chi connectivity index (χ2n) is 8.47. The van der Waals surface area contributed by atoms with Crippen molar-refractivity contribution in [2.75, 3.05) is 0 Å². The quantitative estimate of drug-likeness (QED) is 0.238. The van der Waals surface area contributed by atoms with Gasteiger partial charge in [-0.1, -0.05) is 117 Å². The molecule has 156 valence electrons. The van der Waals surface area contributed by atoms with E-state index in [1.165, 1.54) is 96.8 Å². The first-order valence-corrected chi connectivity index (χ1v) is 11.4. The molecule has 0 aromatic rings. The van der Waals surface area contributed by atoms with E-state index in [-0.39, 0.29) is 0 Å². The summed E-state index contributed by atoms with van der Waals surface area (Å²) in [5.41, 5.74) is -1.58. The lowest BCUT2D eigenvalue weighted by molar-refractivity contribution is -0.158. The molecule has 0 heterocycles. The molecule has 0 aliphatic heterocycles. The monoisotopic (exact) mass is 370 g/mol. The van der Waals surface area contributed by atoms with Gasteiger partial charge in [-0.2, -0.15) is 0 Å². The van der Waals surface area contributed by atoms with Crippen LogP contribution >= 0.6 is 0 Å². The van der Waals surface area contributed by atoms with Crippen LogP contribution < -0.4 is 0 Å². The van der Waals surface area contributed by atoms with Crippen LogP contribution in [0.3, 0.4) is 0 Å². The maximum Gasteiger partial charge on any atom is 0.335 e. The summed E-state index contributed by atoms with van der Waals surface area (Å²) < 4.78 is 0. The van der Waals surface area contributed by atoms with Gasteiger partial charge in [0.05, 0.1) is 0 Å². The highest BCUT2D eigenvalue weighted by Crippen LogP contribution is 2.27. The molecule has 2 atom stereocenters. The molecule has 26 heavy (non-hydrogen) atoms. The van der Waals surface area contributed by atoms with Crippen molar-refractivity contribution < 1.29 is 15.0 Å². The molecule has 0 rings (SSSR count). The van der Waals surface area contributed by atoms with E-state index in [0.29, 0.717) is 12.3 Å². The predicted molar refractivity (Wildman–Crippen MR) is 112 cm³/mol. The fraction of sp³-hybridized carbons (Fsp3) is 0.957. The van der Waals surface area contributed by atoms with E-state index in [4.69, 9.17) is 0 Å². The number of rotatable bonds is 19. The minimum absolute atomic E-state index is 0.340. The van der Waals surface area contributed by atoms with Gasteiger partial charge in [-0.25, -0.2) is 4.79 Å². The molecule has 0 fully saturated rings. The largest absolute Gasteiger partial charge is 0.479 e. The van der Waals surface area contributed by atoms with Crippen molar-refractivity contribution in [1.29, 1.82) is 0 Å². The molecular weight excluding hydrogens is 324 g/mol. The Labute approximate surface area is 163 Å². The first-order chi connectivity index (χ1) is 12.4. The lowest BCUT2D eigenvalue weighted by atomic mass is 9.84. The first kappa shape index (κ1) is 25.4. The summed E-state index contributed by atoms with van der Waals surface area (Å²) in [5.74, 6) is -0.742. The molecule has 0 aliphatic carbocycles. The molecule has 0 saturated heterocycles. The van der Waals surface area contributed by atoms with Gasteiger partial charge in [0.2, 0.25) is 0 Å². The third kappa shape index (κ3) is 14.6. The summed E-state index contributed by atoms with van der Waals surface area (Å²) in [6.45, 7) is 5.93. The Bertz CT molecular complexity index is 325. The van der Waals surface area contributed by atoms with Gasteiger partial charge >= 0.3 is 5.97 Å². The normalized spacial score (nSPS) is 14.9. The maximum atomic E-state index is 11.3. The van der Waals surface area contributed by atoms with Gasteiger partial charge in [0.25, 0.3) is 0 Å². The van der Waals surface area contributed by atoms with Crippen molar-refractivity contribution >= 4 is 5.97 Å². The fourth-order valence-corrected chi connectivity index (χ4v) is 3.78. The molecule has 3 nitrogen and oxygen atoms in total. The highest BCUT2D eigenvalue weighted by Gasteiger charge is 2.32. The average Bonchev–Trinajstić information content (AvgIpc) is 2.59. The Morgan fingerprint density at radius 3 is 1.42 bits per heavy atom. The Morgan fingerprint density at radius 2 is 1.08 bits per heavy atom. The number of aliphatic hydroxyl groups is 1. The van der Waals surface area contributed by atoms with Gasteiger partial charge in [0.1, 0.15) is 0 Å². The summed E-state index contributed by atoms with van der Waals surface area (Å²) >= 11 is 0. The van der Waals surface area contributed by atoms with Crippen molar-refractivity contribution in [3.05, 3.63) is 0 Å². The van der Waals surface area contributed by atoms with Crippen LogP contribution in [0.5, 0.6) is 0 Å². The maximum absolute atomic E-state index is 11.3. The molecule has 0 aliphatic rings. The number of unbranched alkanes of at least 4 members (excludes halogenated alkanes) is 12. The molecule has 0 radical (unpaired) electrons. The zero-order chi connectivity index (χ0) is 19.7. The molecule has 0 amide bonds. The summed E-state index contributed by atoms with van der Waals surface area (Å²) in [5, 5.41) is 19.4.